The minimum atomic E-state index is -3.78. The van der Waals surface area contributed by atoms with Crippen molar-refractivity contribution in [3.63, 3.8) is 0 Å². The van der Waals surface area contributed by atoms with E-state index >= 15 is 0 Å². The van der Waals surface area contributed by atoms with Crippen LogP contribution in [0.1, 0.15) is 62.1 Å². The van der Waals surface area contributed by atoms with Gasteiger partial charge in [-0.2, -0.15) is 18.4 Å². The largest absolute Gasteiger partial charge is 0.494 e. The number of rotatable bonds is 13. The summed E-state index contributed by atoms with van der Waals surface area (Å²) < 4.78 is 31.4. The zero-order chi connectivity index (χ0) is 24.2. The number of benzene rings is 3. The summed E-state index contributed by atoms with van der Waals surface area (Å²) in [6.45, 7) is 4.83. The van der Waals surface area contributed by atoms with Crippen molar-refractivity contribution in [2.75, 3.05) is 6.61 Å². The molecule has 3 rings (SSSR count). The Morgan fingerprint density at radius 3 is 2.09 bits per heavy atom. The van der Waals surface area contributed by atoms with Gasteiger partial charge in [0, 0.05) is 11.1 Å². The number of hydrazone groups is 1. The predicted octanol–water partition coefficient (Wildman–Crippen LogP) is 6.47. The molecule has 34 heavy (non-hydrogen) atoms. The Bertz CT molecular complexity index is 1140. The van der Waals surface area contributed by atoms with Crippen molar-refractivity contribution in [3.8, 4) is 5.75 Å². The molecule has 0 aliphatic carbocycles. The van der Waals surface area contributed by atoms with Crippen LogP contribution in [0, 0.1) is 6.92 Å². The van der Waals surface area contributed by atoms with Crippen molar-refractivity contribution in [1.29, 1.82) is 0 Å². The second-order valence-corrected chi connectivity index (χ2v) is 10.0. The van der Waals surface area contributed by atoms with Crippen molar-refractivity contribution in [2.45, 2.75) is 57.3 Å². The molecule has 0 radical (unpaired) electrons. The van der Waals surface area contributed by atoms with Crippen LogP contribution < -0.4 is 9.57 Å². The van der Waals surface area contributed by atoms with Crippen LogP contribution in [0.3, 0.4) is 0 Å². The van der Waals surface area contributed by atoms with E-state index in [1.807, 2.05) is 61.5 Å². The lowest BCUT2D eigenvalue weighted by Crippen LogP contribution is -2.21. The van der Waals surface area contributed by atoms with Gasteiger partial charge in [-0.3, -0.25) is 0 Å². The van der Waals surface area contributed by atoms with Crippen LogP contribution in [0.25, 0.3) is 0 Å². The molecule has 0 spiro atoms. The number of sulfonamides is 1. The third-order valence-electron chi connectivity index (χ3n) is 5.55. The molecule has 0 bridgehead atoms. The molecule has 0 saturated heterocycles. The number of unbranched alkanes of at least 4 members (excludes halogenated alkanes) is 5. The van der Waals surface area contributed by atoms with Gasteiger partial charge in [-0.1, -0.05) is 87.1 Å². The third kappa shape index (κ3) is 7.73. The fourth-order valence-electron chi connectivity index (χ4n) is 3.55. The van der Waals surface area contributed by atoms with E-state index in [2.05, 4.69) is 16.9 Å². The van der Waals surface area contributed by atoms with Gasteiger partial charge < -0.3 is 4.74 Å². The average molecular weight is 479 g/mol. The summed E-state index contributed by atoms with van der Waals surface area (Å²) in [5, 5.41) is 4.31. The molecule has 3 aromatic carbocycles. The van der Waals surface area contributed by atoms with Gasteiger partial charge in [-0.25, -0.2) is 0 Å². The lowest BCUT2D eigenvalue weighted by atomic mass is 10.0. The first-order chi connectivity index (χ1) is 16.5. The number of hydrogen-bond donors (Lipinski definition) is 1. The van der Waals surface area contributed by atoms with Crippen LogP contribution in [0.2, 0.25) is 0 Å². The molecule has 0 aromatic heterocycles. The van der Waals surface area contributed by atoms with Gasteiger partial charge >= 0.3 is 0 Å². The molecule has 0 unspecified atom stereocenters. The molecule has 0 heterocycles. The minimum absolute atomic E-state index is 0.174. The molecular formula is C28H34N2O3S. The molecule has 3 aromatic rings. The molecule has 0 fully saturated rings. The van der Waals surface area contributed by atoms with E-state index in [1.165, 1.54) is 32.1 Å². The fraction of sp³-hybridized carbons (Fsp3) is 0.321. The van der Waals surface area contributed by atoms with Crippen LogP contribution in [0.4, 0.5) is 0 Å². The summed E-state index contributed by atoms with van der Waals surface area (Å²) in [7, 11) is -3.78. The lowest BCUT2D eigenvalue weighted by molar-refractivity contribution is 0.304. The quantitative estimate of drug-likeness (QED) is 0.174. The lowest BCUT2D eigenvalue weighted by Gasteiger charge is -2.11. The number of hydrogen-bond acceptors (Lipinski definition) is 4. The molecule has 5 nitrogen and oxygen atoms in total. The van der Waals surface area contributed by atoms with Crippen molar-refractivity contribution >= 4 is 15.7 Å². The maximum atomic E-state index is 12.8. The number of nitrogens with one attached hydrogen (secondary N) is 1. The van der Waals surface area contributed by atoms with Crippen molar-refractivity contribution in [3.05, 3.63) is 95.6 Å². The van der Waals surface area contributed by atoms with Gasteiger partial charge in [-0.15, -0.1) is 0 Å². The zero-order valence-electron chi connectivity index (χ0n) is 20.0. The second-order valence-electron chi connectivity index (χ2n) is 8.37. The van der Waals surface area contributed by atoms with Gasteiger partial charge in [0.05, 0.1) is 17.2 Å². The second kappa shape index (κ2) is 12.9. The molecular weight excluding hydrogens is 444 g/mol. The van der Waals surface area contributed by atoms with E-state index < -0.39 is 10.0 Å². The highest BCUT2D eigenvalue weighted by Gasteiger charge is 2.14. The average Bonchev–Trinajstić information content (AvgIpc) is 2.85. The fourth-order valence-corrected chi connectivity index (χ4v) is 4.36. The van der Waals surface area contributed by atoms with E-state index in [0.29, 0.717) is 12.3 Å². The van der Waals surface area contributed by atoms with Crippen LogP contribution in [0.5, 0.6) is 5.75 Å². The Hall–Kier alpha value is -3.12. The molecule has 180 valence electrons. The van der Waals surface area contributed by atoms with Crippen LogP contribution in [-0.2, 0) is 10.0 Å². The van der Waals surface area contributed by atoms with E-state index in [9.17, 15) is 8.42 Å². The van der Waals surface area contributed by atoms with Crippen molar-refractivity contribution < 1.29 is 13.2 Å². The van der Waals surface area contributed by atoms with Gasteiger partial charge in [0.25, 0.3) is 10.0 Å². The minimum Gasteiger partial charge on any atom is -0.494 e. The molecule has 0 aliphatic heterocycles. The highest BCUT2D eigenvalue weighted by molar-refractivity contribution is 7.89. The van der Waals surface area contributed by atoms with Gasteiger partial charge in [-0.05, 0) is 49.7 Å². The van der Waals surface area contributed by atoms with E-state index in [4.69, 9.17) is 4.74 Å². The molecule has 6 heteroatoms. The molecule has 0 atom stereocenters. The number of ether oxygens (including phenoxy) is 1. The summed E-state index contributed by atoms with van der Waals surface area (Å²) in [6, 6.07) is 23.8. The highest BCUT2D eigenvalue weighted by Crippen LogP contribution is 2.18. The first kappa shape index (κ1) is 25.5. The van der Waals surface area contributed by atoms with Crippen molar-refractivity contribution in [1.82, 2.24) is 4.83 Å². The monoisotopic (exact) mass is 478 g/mol. The van der Waals surface area contributed by atoms with Gasteiger partial charge in [0.15, 0.2) is 0 Å². The predicted molar refractivity (Wildman–Crippen MR) is 139 cm³/mol. The van der Waals surface area contributed by atoms with Crippen molar-refractivity contribution in [2.24, 2.45) is 5.10 Å². The SMILES string of the molecule is CCCCCCCCOc1ccc(C(=NNS(=O)(=O)c2ccc(C)cc2)c2ccccc2)cc1. The Morgan fingerprint density at radius 2 is 1.41 bits per heavy atom. The summed E-state index contributed by atoms with van der Waals surface area (Å²) in [5.41, 5.74) is 3.14. The van der Waals surface area contributed by atoms with Crippen LogP contribution >= 0.6 is 0 Å². The van der Waals surface area contributed by atoms with Gasteiger partial charge in [0.1, 0.15) is 5.75 Å². The molecule has 1 N–H and O–H groups in total. The Balaban J connectivity index is 1.71. The number of aryl methyl sites for hydroxylation is 1. The maximum Gasteiger partial charge on any atom is 0.276 e. The molecule has 0 aliphatic rings. The van der Waals surface area contributed by atoms with Crippen LogP contribution in [0.15, 0.2) is 88.9 Å². The highest BCUT2D eigenvalue weighted by atomic mass is 32.2. The summed E-state index contributed by atoms with van der Waals surface area (Å²) in [5.74, 6) is 0.796. The first-order valence-electron chi connectivity index (χ1n) is 11.9. The smallest absolute Gasteiger partial charge is 0.276 e. The summed E-state index contributed by atoms with van der Waals surface area (Å²) >= 11 is 0. The zero-order valence-corrected chi connectivity index (χ0v) is 20.9. The van der Waals surface area contributed by atoms with E-state index in [1.54, 1.807) is 24.3 Å². The topological polar surface area (TPSA) is 67.8 Å². The Morgan fingerprint density at radius 1 is 0.794 bits per heavy atom. The Kier molecular flexibility index (Phi) is 9.71. The number of nitrogens with zero attached hydrogens (tertiary/aromatic N) is 1. The van der Waals surface area contributed by atoms with E-state index in [0.717, 1.165) is 28.9 Å². The summed E-state index contributed by atoms with van der Waals surface area (Å²) in [4.78, 5) is 2.57. The van der Waals surface area contributed by atoms with Crippen LogP contribution in [-0.4, -0.2) is 20.7 Å². The molecule has 0 saturated carbocycles. The standard InChI is InChI=1S/C28H34N2O3S/c1-3-4-5-6-7-11-22-33-26-18-16-25(17-19-26)28(24-12-9-8-10-13-24)29-30-34(31,32)27-20-14-23(2)15-21-27/h8-10,12-21,30H,3-7,11,22H2,1-2H3. The van der Waals surface area contributed by atoms with E-state index in [-0.39, 0.29) is 4.90 Å². The third-order valence-corrected chi connectivity index (χ3v) is 6.77. The molecule has 0 amide bonds. The normalized spacial score (nSPS) is 11.9. The maximum absolute atomic E-state index is 12.8. The first-order valence-corrected chi connectivity index (χ1v) is 13.4. The Labute approximate surface area is 203 Å². The van der Waals surface area contributed by atoms with Gasteiger partial charge in [0.2, 0.25) is 0 Å². The summed E-state index contributed by atoms with van der Waals surface area (Å²) in [6.07, 6.45) is 7.33.